The second-order valence-electron chi connectivity index (χ2n) is 5.20. The molecule has 25 heavy (non-hydrogen) atoms. The summed E-state index contributed by atoms with van der Waals surface area (Å²) in [6.45, 7) is 0. The highest BCUT2D eigenvalue weighted by Gasteiger charge is 2.49. The second-order valence-corrected chi connectivity index (χ2v) is 6.74. The van der Waals surface area contributed by atoms with Crippen molar-refractivity contribution >= 4 is 16.1 Å². The number of halogens is 4. The molecule has 1 aliphatic carbocycles. The number of methoxy groups -OCH3 is 1. The van der Waals surface area contributed by atoms with E-state index >= 15 is 0 Å². The summed E-state index contributed by atoms with van der Waals surface area (Å²) in [6.07, 6.45) is 0.756. The first-order chi connectivity index (χ1) is 11.6. The van der Waals surface area contributed by atoms with Gasteiger partial charge in [-0.1, -0.05) is 6.07 Å². The molecule has 0 radical (unpaired) electrons. The summed E-state index contributed by atoms with van der Waals surface area (Å²) in [5, 5.41) is 0. The molecule has 1 aromatic heterocycles. The third kappa shape index (κ3) is 4.09. The topological polar surface area (TPSA) is 82.6 Å². The predicted octanol–water partition coefficient (Wildman–Crippen LogP) is 2.78. The Morgan fingerprint density at radius 1 is 1.36 bits per heavy atom. The van der Waals surface area contributed by atoms with Gasteiger partial charge in [-0.25, -0.2) is 9.78 Å². The van der Waals surface area contributed by atoms with Crippen molar-refractivity contribution in [3.8, 4) is 0 Å². The zero-order valence-corrected chi connectivity index (χ0v) is 13.7. The van der Waals surface area contributed by atoms with E-state index in [9.17, 15) is 30.8 Å². The molecule has 0 aromatic carbocycles. The summed E-state index contributed by atoms with van der Waals surface area (Å²) in [7, 11) is -4.93. The molecule has 1 aliphatic rings. The number of hydrogen-bond acceptors (Lipinski definition) is 6. The van der Waals surface area contributed by atoms with Crippen LogP contribution >= 0.6 is 0 Å². The SMILES string of the molecule is COC(=O)C1=C(OS(=O)(=O)C(F)(F)F)CCC(c2cccnc2F)C1. The Morgan fingerprint density at radius 2 is 2.04 bits per heavy atom. The summed E-state index contributed by atoms with van der Waals surface area (Å²) >= 11 is 0. The van der Waals surface area contributed by atoms with Gasteiger partial charge in [0, 0.05) is 18.2 Å². The number of pyridine rings is 1. The van der Waals surface area contributed by atoms with E-state index < -0.39 is 39.2 Å². The maximum atomic E-state index is 13.8. The molecule has 1 heterocycles. The van der Waals surface area contributed by atoms with Crippen LogP contribution in [0.25, 0.3) is 0 Å². The Kier molecular flexibility index (Phi) is 5.35. The Bertz CT molecular complexity index is 804. The standard InChI is InChI=1S/C14H13F4NO5S/c1-23-13(20)10-7-8(9-3-2-6-19-12(9)15)4-5-11(10)24-25(21,22)14(16,17)18/h2-3,6,8H,4-5,7H2,1H3. The molecule has 1 atom stereocenters. The summed E-state index contributed by atoms with van der Waals surface area (Å²) in [6, 6.07) is 2.90. The second kappa shape index (κ2) is 6.98. The molecule has 0 spiro atoms. The van der Waals surface area contributed by atoms with Gasteiger partial charge >= 0.3 is 21.6 Å². The molecule has 1 unspecified atom stereocenters. The molecule has 0 saturated carbocycles. The summed E-state index contributed by atoms with van der Waals surface area (Å²) in [4.78, 5) is 15.3. The van der Waals surface area contributed by atoms with Gasteiger partial charge < -0.3 is 8.92 Å². The minimum atomic E-state index is -5.91. The highest BCUT2D eigenvalue weighted by Crippen LogP contribution is 2.39. The zero-order chi connectivity index (χ0) is 18.8. The van der Waals surface area contributed by atoms with Gasteiger partial charge in [0.25, 0.3) is 0 Å². The molecule has 0 saturated heterocycles. The van der Waals surface area contributed by atoms with E-state index in [2.05, 4.69) is 13.9 Å². The van der Waals surface area contributed by atoms with E-state index in [0.717, 1.165) is 7.11 Å². The Hall–Kier alpha value is -2.17. The molecule has 1 aromatic rings. The van der Waals surface area contributed by atoms with Crippen molar-refractivity contribution in [2.45, 2.75) is 30.7 Å². The van der Waals surface area contributed by atoms with Crippen LogP contribution in [0.3, 0.4) is 0 Å². The molecule has 2 rings (SSSR count). The van der Waals surface area contributed by atoms with Gasteiger partial charge in [-0.3, -0.25) is 0 Å². The predicted molar refractivity (Wildman–Crippen MR) is 75.9 cm³/mol. The van der Waals surface area contributed by atoms with Crippen LogP contribution < -0.4 is 0 Å². The van der Waals surface area contributed by atoms with Crippen LogP contribution in [0.1, 0.15) is 30.7 Å². The monoisotopic (exact) mass is 383 g/mol. The van der Waals surface area contributed by atoms with Crippen molar-refractivity contribution < 1.29 is 39.7 Å². The largest absolute Gasteiger partial charge is 0.534 e. The number of allylic oxidation sites excluding steroid dienone is 1. The van der Waals surface area contributed by atoms with E-state index in [1.165, 1.54) is 18.3 Å². The quantitative estimate of drug-likeness (QED) is 0.261. The number of hydrogen-bond donors (Lipinski definition) is 0. The Balaban J connectivity index is 2.38. The molecule has 0 fully saturated rings. The van der Waals surface area contributed by atoms with E-state index in [4.69, 9.17) is 0 Å². The van der Waals surface area contributed by atoms with Gasteiger partial charge in [-0.05, 0) is 24.8 Å². The van der Waals surface area contributed by atoms with E-state index in [1.54, 1.807) is 0 Å². The molecular formula is C14H13F4NO5S. The maximum Gasteiger partial charge on any atom is 0.534 e. The van der Waals surface area contributed by atoms with Crippen LogP contribution in [0.4, 0.5) is 17.6 Å². The minimum absolute atomic E-state index is 0.0752. The lowest BCUT2D eigenvalue weighted by molar-refractivity contribution is -0.136. The van der Waals surface area contributed by atoms with Crippen LogP contribution in [0.2, 0.25) is 0 Å². The van der Waals surface area contributed by atoms with Gasteiger partial charge in [0.2, 0.25) is 5.95 Å². The molecule has 0 aliphatic heterocycles. The third-order valence-electron chi connectivity index (χ3n) is 3.66. The van der Waals surface area contributed by atoms with Crippen molar-refractivity contribution in [2.24, 2.45) is 0 Å². The summed E-state index contributed by atoms with van der Waals surface area (Å²) in [5.41, 5.74) is -5.84. The van der Waals surface area contributed by atoms with Crippen LogP contribution in [0.5, 0.6) is 0 Å². The van der Waals surface area contributed by atoms with E-state index in [1.807, 2.05) is 0 Å². The maximum absolute atomic E-state index is 13.8. The first-order valence-corrected chi connectivity index (χ1v) is 8.39. The van der Waals surface area contributed by atoms with Crippen molar-refractivity contribution in [1.82, 2.24) is 4.98 Å². The van der Waals surface area contributed by atoms with Gasteiger partial charge in [0.05, 0.1) is 12.7 Å². The lowest BCUT2D eigenvalue weighted by Gasteiger charge is -2.26. The lowest BCUT2D eigenvalue weighted by Crippen LogP contribution is -2.28. The summed E-state index contributed by atoms with van der Waals surface area (Å²) in [5.74, 6) is -3.04. The minimum Gasteiger partial charge on any atom is -0.466 e. The third-order valence-corrected chi connectivity index (χ3v) is 4.65. The molecular weight excluding hydrogens is 370 g/mol. The first kappa shape index (κ1) is 19.2. The highest BCUT2D eigenvalue weighted by molar-refractivity contribution is 7.87. The average molecular weight is 383 g/mol. The Labute approximate surface area is 140 Å². The molecule has 6 nitrogen and oxygen atoms in total. The van der Waals surface area contributed by atoms with Crippen LogP contribution in [0.15, 0.2) is 29.7 Å². The number of carbonyl (C=O) groups is 1. The van der Waals surface area contributed by atoms with Gasteiger partial charge in [0.1, 0.15) is 5.76 Å². The average Bonchev–Trinajstić information content (AvgIpc) is 2.54. The van der Waals surface area contributed by atoms with E-state index in [-0.39, 0.29) is 30.4 Å². The number of carbonyl (C=O) groups excluding carboxylic acids is 1. The van der Waals surface area contributed by atoms with Crippen molar-refractivity contribution in [3.05, 3.63) is 41.2 Å². The van der Waals surface area contributed by atoms with Gasteiger partial charge in [-0.15, -0.1) is 0 Å². The fraction of sp³-hybridized carbons (Fsp3) is 0.429. The molecule has 0 N–H and O–H groups in total. The molecule has 138 valence electrons. The number of ether oxygens (including phenoxy) is 1. The van der Waals surface area contributed by atoms with Crippen LogP contribution in [0, 0.1) is 5.95 Å². The van der Waals surface area contributed by atoms with Crippen molar-refractivity contribution in [1.29, 1.82) is 0 Å². The number of alkyl halides is 3. The highest BCUT2D eigenvalue weighted by atomic mass is 32.2. The van der Waals surface area contributed by atoms with Crippen molar-refractivity contribution in [3.63, 3.8) is 0 Å². The molecule has 0 amide bonds. The van der Waals surface area contributed by atoms with E-state index in [0.29, 0.717) is 0 Å². The number of aromatic nitrogens is 1. The Morgan fingerprint density at radius 3 is 2.60 bits per heavy atom. The smallest absolute Gasteiger partial charge is 0.466 e. The lowest BCUT2D eigenvalue weighted by atomic mass is 9.83. The molecule has 0 bridgehead atoms. The van der Waals surface area contributed by atoms with Gasteiger partial charge in [-0.2, -0.15) is 26.0 Å². The van der Waals surface area contributed by atoms with Crippen LogP contribution in [-0.4, -0.2) is 32.0 Å². The number of rotatable bonds is 4. The zero-order valence-electron chi connectivity index (χ0n) is 12.8. The first-order valence-electron chi connectivity index (χ1n) is 6.98. The van der Waals surface area contributed by atoms with Gasteiger partial charge in [0.15, 0.2) is 0 Å². The van der Waals surface area contributed by atoms with Crippen molar-refractivity contribution in [2.75, 3.05) is 7.11 Å². The number of esters is 1. The fourth-order valence-electron chi connectivity index (χ4n) is 2.48. The fourth-order valence-corrected chi connectivity index (χ4v) is 3.02. The van der Waals surface area contributed by atoms with Crippen LogP contribution in [-0.2, 0) is 23.8 Å². The normalized spacial score (nSPS) is 18.8. The number of nitrogens with zero attached hydrogens (tertiary/aromatic N) is 1. The summed E-state index contributed by atoms with van der Waals surface area (Å²) < 4.78 is 82.2. The molecule has 11 heteroatoms.